The molecular weight excluding hydrogens is 252 g/mol. The van der Waals surface area contributed by atoms with Gasteiger partial charge in [0.2, 0.25) is 0 Å². The summed E-state index contributed by atoms with van der Waals surface area (Å²) >= 11 is 5.60. The molecule has 0 saturated carbocycles. The van der Waals surface area contributed by atoms with E-state index in [1.807, 2.05) is 4.98 Å². The van der Waals surface area contributed by atoms with Crippen LogP contribution in [0.2, 0.25) is 5.02 Å². The zero-order chi connectivity index (χ0) is 12.6. The zero-order valence-corrected chi connectivity index (χ0v) is 9.42. The first-order chi connectivity index (χ1) is 8.02. The van der Waals surface area contributed by atoms with Crippen molar-refractivity contribution in [2.24, 2.45) is 0 Å². The lowest BCUT2D eigenvalue weighted by Gasteiger charge is -2.14. The van der Waals surface area contributed by atoms with Crippen LogP contribution in [0.5, 0.6) is 0 Å². The van der Waals surface area contributed by atoms with Crippen molar-refractivity contribution in [3.8, 4) is 0 Å². The van der Waals surface area contributed by atoms with E-state index in [-0.39, 0.29) is 18.1 Å². The lowest BCUT2D eigenvalue weighted by molar-refractivity contribution is -0.0459. The minimum Gasteiger partial charge on any atom is -0.394 e. The van der Waals surface area contributed by atoms with Crippen molar-refractivity contribution in [3.63, 3.8) is 0 Å². The molecule has 8 heteroatoms. The van der Waals surface area contributed by atoms with Crippen molar-refractivity contribution in [1.29, 1.82) is 0 Å². The lowest BCUT2D eigenvalue weighted by atomic mass is 10.2. The lowest BCUT2D eigenvalue weighted by Crippen LogP contribution is -2.32. The third-order valence-electron chi connectivity index (χ3n) is 2.62. The number of nitrogens with one attached hydrogen (secondary N) is 1. The van der Waals surface area contributed by atoms with Crippen LogP contribution in [0.1, 0.15) is 12.6 Å². The van der Waals surface area contributed by atoms with Crippen molar-refractivity contribution in [2.45, 2.75) is 24.9 Å². The van der Waals surface area contributed by atoms with E-state index in [9.17, 15) is 14.7 Å². The predicted octanol–water partition coefficient (Wildman–Crippen LogP) is -1.17. The minimum absolute atomic E-state index is 0.143. The second-order valence-electron chi connectivity index (χ2n) is 3.76. The Hall–Kier alpha value is -1.15. The number of H-pyrrole nitrogens is 1. The number of aromatic amines is 1. The number of hydrogen-bond acceptors (Lipinski definition) is 5. The van der Waals surface area contributed by atoms with Gasteiger partial charge in [0.1, 0.15) is 17.4 Å². The van der Waals surface area contributed by atoms with E-state index in [4.69, 9.17) is 21.4 Å². The Kier molecular flexibility index (Phi) is 3.34. The van der Waals surface area contributed by atoms with Crippen LogP contribution in [0.15, 0.2) is 15.8 Å². The number of aliphatic hydroxyl groups excluding tert-OH is 2. The van der Waals surface area contributed by atoms with Gasteiger partial charge in [-0.15, -0.1) is 0 Å². The molecule has 1 aromatic rings. The first-order valence-corrected chi connectivity index (χ1v) is 5.36. The SMILES string of the molecule is O=c1[nH]c(=O)n([C@H]2C[C@H](O)[C@@H](CO)O2)cc1Cl. The summed E-state index contributed by atoms with van der Waals surface area (Å²) in [6, 6.07) is 0. The van der Waals surface area contributed by atoms with Crippen molar-refractivity contribution < 1.29 is 14.9 Å². The highest BCUT2D eigenvalue weighted by atomic mass is 35.5. The number of rotatable bonds is 2. The second-order valence-corrected chi connectivity index (χ2v) is 4.17. The number of halogens is 1. The molecule has 0 spiro atoms. The van der Waals surface area contributed by atoms with Crippen molar-refractivity contribution in [3.05, 3.63) is 32.1 Å². The fraction of sp³-hybridized carbons (Fsp3) is 0.556. The first-order valence-electron chi connectivity index (χ1n) is 4.98. The molecule has 7 nitrogen and oxygen atoms in total. The molecule has 1 aliphatic heterocycles. The number of ether oxygens (including phenoxy) is 1. The summed E-state index contributed by atoms with van der Waals surface area (Å²) in [7, 11) is 0. The van der Waals surface area contributed by atoms with Gasteiger partial charge in [-0.25, -0.2) is 4.79 Å². The summed E-state index contributed by atoms with van der Waals surface area (Å²) in [6.07, 6.45) is -1.04. The monoisotopic (exact) mass is 262 g/mol. The molecule has 0 unspecified atom stereocenters. The third kappa shape index (κ3) is 2.27. The van der Waals surface area contributed by atoms with Crippen molar-refractivity contribution >= 4 is 11.6 Å². The summed E-state index contributed by atoms with van der Waals surface area (Å²) < 4.78 is 6.35. The van der Waals surface area contributed by atoms with Crippen LogP contribution in [-0.4, -0.2) is 38.6 Å². The average molecular weight is 263 g/mol. The van der Waals surface area contributed by atoms with Crippen LogP contribution in [0.3, 0.4) is 0 Å². The second kappa shape index (κ2) is 4.61. The predicted molar refractivity (Wildman–Crippen MR) is 58.0 cm³/mol. The molecule has 1 fully saturated rings. The zero-order valence-electron chi connectivity index (χ0n) is 8.67. The Morgan fingerprint density at radius 3 is 2.88 bits per heavy atom. The Bertz CT molecular complexity index is 525. The third-order valence-corrected chi connectivity index (χ3v) is 2.89. The molecule has 17 heavy (non-hydrogen) atoms. The Morgan fingerprint density at radius 1 is 1.59 bits per heavy atom. The van der Waals surface area contributed by atoms with Gasteiger partial charge in [-0.2, -0.15) is 0 Å². The standard InChI is InChI=1S/C9H11ClN2O5/c10-4-2-12(9(16)11-8(4)15)7-1-5(14)6(3-13)17-7/h2,5-7,13-14H,1,3H2,(H,11,15,16)/t5-,6+,7+/m0/s1. The van der Waals surface area contributed by atoms with Gasteiger partial charge in [0.25, 0.3) is 5.56 Å². The Balaban J connectivity index is 2.34. The minimum atomic E-state index is -0.859. The van der Waals surface area contributed by atoms with Crippen LogP contribution in [0.25, 0.3) is 0 Å². The van der Waals surface area contributed by atoms with E-state index in [2.05, 4.69) is 0 Å². The highest BCUT2D eigenvalue weighted by Gasteiger charge is 2.35. The van der Waals surface area contributed by atoms with E-state index >= 15 is 0 Å². The van der Waals surface area contributed by atoms with Crippen LogP contribution in [0.4, 0.5) is 0 Å². The summed E-state index contributed by atoms with van der Waals surface area (Å²) in [5, 5.41) is 18.3. The van der Waals surface area contributed by atoms with Gasteiger partial charge in [0.05, 0.1) is 12.7 Å². The van der Waals surface area contributed by atoms with Crippen LogP contribution >= 0.6 is 11.6 Å². The smallest absolute Gasteiger partial charge is 0.330 e. The largest absolute Gasteiger partial charge is 0.394 e. The molecule has 0 amide bonds. The van der Waals surface area contributed by atoms with E-state index in [1.54, 1.807) is 0 Å². The average Bonchev–Trinajstić information content (AvgIpc) is 2.65. The highest BCUT2D eigenvalue weighted by molar-refractivity contribution is 6.30. The molecule has 1 saturated heterocycles. The number of aliphatic hydroxyl groups is 2. The van der Waals surface area contributed by atoms with E-state index in [1.165, 1.54) is 0 Å². The molecule has 0 radical (unpaired) electrons. The van der Waals surface area contributed by atoms with Crippen LogP contribution in [0, 0.1) is 0 Å². The van der Waals surface area contributed by atoms with E-state index in [0.29, 0.717) is 0 Å². The normalized spacial score (nSPS) is 28.5. The number of hydrogen-bond donors (Lipinski definition) is 3. The van der Waals surface area contributed by atoms with Crippen LogP contribution < -0.4 is 11.2 Å². The molecule has 0 aromatic carbocycles. The Labute approximate surface area is 100 Å². The number of aromatic nitrogens is 2. The molecule has 1 aromatic heterocycles. The van der Waals surface area contributed by atoms with Gasteiger partial charge in [-0.3, -0.25) is 14.3 Å². The van der Waals surface area contributed by atoms with Gasteiger partial charge < -0.3 is 14.9 Å². The summed E-state index contributed by atoms with van der Waals surface area (Å²) in [5.41, 5.74) is -1.35. The summed E-state index contributed by atoms with van der Waals surface area (Å²) in [5.74, 6) is 0. The number of nitrogens with zero attached hydrogens (tertiary/aromatic N) is 1. The maximum atomic E-state index is 11.5. The first kappa shape index (κ1) is 12.3. The molecule has 0 bridgehead atoms. The van der Waals surface area contributed by atoms with Gasteiger partial charge in [0, 0.05) is 12.6 Å². The van der Waals surface area contributed by atoms with E-state index < -0.39 is 29.7 Å². The molecule has 2 heterocycles. The van der Waals surface area contributed by atoms with Gasteiger partial charge in [-0.1, -0.05) is 11.6 Å². The topological polar surface area (TPSA) is 105 Å². The van der Waals surface area contributed by atoms with Crippen molar-refractivity contribution in [2.75, 3.05) is 6.61 Å². The molecule has 94 valence electrons. The molecule has 1 aliphatic rings. The molecule has 3 N–H and O–H groups in total. The maximum Gasteiger partial charge on any atom is 0.330 e. The summed E-state index contributed by atoms with van der Waals surface area (Å²) in [6.45, 7) is -0.344. The molecular formula is C9H11ClN2O5. The summed E-state index contributed by atoms with van der Waals surface area (Å²) in [4.78, 5) is 24.6. The quantitative estimate of drug-likeness (QED) is 0.623. The van der Waals surface area contributed by atoms with Crippen molar-refractivity contribution in [1.82, 2.24) is 9.55 Å². The highest BCUT2D eigenvalue weighted by Crippen LogP contribution is 2.27. The van der Waals surface area contributed by atoms with Gasteiger partial charge >= 0.3 is 5.69 Å². The fourth-order valence-corrected chi connectivity index (χ4v) is 1.88. The Morgan fingerprint density at radius 2 is 2.29 bits per heavy atom. The maximum absolute atomic E-state index is 11.5. The van der Waals surface area contributed by atoms with Gasteiger partial charge in [-0.05, 0) is 0 Å². The molecule has 0 aliphatic carbocycles. The molecule has 2 rings (SSSR count). The molecule has 3 atom stereocenters. The van der Waals surface area contributed by atoms with Crippen LogP contribution in [-0.2, 0) is 4.74 Å². The fourth-order valence-electron chi connectivity index (χ4n) is 1.72. The van der Waals surface area contributed by atoms with E-state index in [0.717, 1.165) is 10.8 Å². The van der Waals surface area contributed by atoms with Gasteiger partial charge in [0.15, 0.2) is 0 Å².